The van der Waals surface area contributed by atoms with Crippen LogP contribution in [0.3, 0.4) is 0 Å². The van der Waals surface area contributed by atoms with E-state index in [2.05, 4.69) is 26.0 Å². The summed E-state index contributed by atoms with van der Waals surface area (Å²) in [6.07, 6.45) is 1.20. The average molecular weight is 292 g/mol. The molecule has 0 aromatic heterocycles. The maximum atomic E-state index is 6.11. The summed E-state index contributed by atoms with van der Waals surface area (Å²) in [5.74, 6) is -0.553. The number of benzene rings is 1. The van der Waals surface area contributed by atoms with Crippen LogP contribution in [0.1, 0.15) is 39.2 Å². The summed E-state index contributed by atoms with van der Waals surface area (Å²) < 4.78 is 24.1. The van der Waals surface area contributed by atoms with Crippen LogP contribution < -0.4 is 0 Å². The van der Waals surface area contributed by atoms with E-state index in [4.69, 9.17) is 18.9 Å². The van der Waals surface area contributed by atoms with Gasteiger partial charge in [-0.3, -0.25) is 0 Å². The summed E-state index contributed by atoms with van der Waals surface area (Å²) in [6.45, 7) is 6.69. The Balaban J connectivity index is 1.67. The van der Waals surface area contributed by atoms with Crippen LogP contribution in [-0.4, -0.2) is 30.4 Å². The Morgan fingerprint density at radius 1 is 1.14 bits per heavy atom. The lowest BCUT2D eigenvalue weighted by molar-refractivity contribution is -0.229. The van der Waals surface area contributed by atoms with Gasteiger partial charge in [-0.15, -0.1) is 0 Å². The Morgan fingerprint density at radius 2 is 1.90 bits per heavy atom. The molecule has 1 aromatic carbocycles. The Labute approximate surface area is 126 Å². The summed E-state index contributed by atoms with van der Waals surface area (Å²) in [6, 6.07) is 10.2. The highest BCUT2D eigenvalue weighted by atomic mass is 16.8. The van der Waals surface area contributed by atoms with Crippen LogP contribution in [0.15, 0.2) is 30.3 Å². The van der Waals surface area contributed by atoms with Gasteiger partial charge in [-0.1, -0.05) is 44.2 Å². The van der Waals surface area contributed by atoms with Gasteiger partial charge in [0.2, 0.25) is 0 Å². The van der Waals surface area contributed by atoms with Crippen LogP contribution in [-0.2, 0) is 25.6 Å². The highest BCUT2D eigenvalue weighted by molar-refractivity contribution is 5.13. The first-order chi connectivity index (χ1) is 10.1. The normalized spacial score (nSPS) is 38.6. The van der Waals surface area contributed by atoms with E-state index in [-0.39, 0.29) is 24.6 Å². The van der Waals surface area contributed by atoms with Crippen LogP contribution in [0.25, 0.3) is 0 Å². The standard InChI is InChI=1S/C17H24O4/c1-4-13-14(18-11-12-9-7-6-8-10-12)15-16(19-13)21-17(3,5-2)20-15/h6-10,13-16H,4-5,11H2,1-3H3/t13-,14+,15-,16-,17?/m1/s1. The second-order valence-corrected chi connectivity index (χ2v) is 5.90. The lowest BCUT2D eigenvalue weighted by Crippen LogP contribution is -2.37. The number of rotatable bonds is 5. The molecule has 0 bridgehead atoms. The Bertz CT molecular complexity index is 463. The Kier molecular flexibility index (Phi) is 4.31. The second-order valence-electron chi connectivity index (χ2n) is 5.90. The second kappa shape index (κ2) is 6.05. The molecule has 0 spiro atoms. The fourth-order valence-corrected chi connectivity index (χ4v) is 2.94. The molecule has 0 saturated carbocycles. The van der Waals surface area contributed by atoms with E-state index in [0.717, 1.165) is 18.4 Å². The fourth-order valence-electron chi connectivity index (χ4n) is 2.94. The lowest BCUT2D eigenvalue weighted by atomic mass is 10.1. The Morgan fingerprint density at radius 3 is 2.57 bits per heavy atom. The molecule has 21 heavy (non-hydrogen) atoms. The molecule has 1 aromatic rings. The highest BCUT2D eigenvalue weighted by Crippen LogP contribution is 2.41. The van der Waals surface area contributed by atoms with Gasteiger partial charge in [0.05, 0.1) is 12.7 Å². The van der Waals surface area contributed by atoms with E-state index >= 15 is 0 Å². The van der Waals surface area contributed by atoms with Gasteiger partial charge in [0.1, 0.15) is 12.2 Å². The third kappa shape index (κ3) is 2.99. The van der Waals surface area contributed by atoms with Crippen molar-refractivity contribution >= 4 is 0 Å². The fraction of sp³-hybridized carbons (Fsp3) is 0.647. The number of hydrogen-bond donors (Lipinski definition) is 0. The van der Waals surface area contributed by atoms with Gasteiger partial charge in [-0.05, 0) is 25.3 Å². The van der Waals surface area contributed by atoms with Crippen molar-refractivity contribution < 1.29 is 18.9 Å². The van der Waals surface area contributed by atoms with Crippen molar-refractivity contribution in [1.82, 2.24) is 0 Å². The molecule has 0 radical (unpaired) electrons. The molecule has 1 unspecified atom stereocenters. The van der Waals surface area contributed by atoms with Gasteiger partial charge < -0.3 is 18.9 Å². The predicted molar refractivity (Wildman–Crippen MR) is 78.6 cm³/mol. The smallest absolute Gasteiger partial charge is 0.190 e. The van der Waals surface area contributed by atoms with E-state index in [1.54, 1.807) is 0 Å². The quantitative estimate of drug-likeness (QED) is 0.835. The molecule has 116 valence electrons. The third-order valence-corrected chi connectivity index (χ3v) is 4.35. The molecule has 5 atom stereocenters. The van der Waals surface area contributed by atoms with Gasteiger partial charge in [0.15, 0.2) is 12.1 Å². The van der Waals surface area contributed by atoms with Crippen LogP contribution >= 0.6 is 0 Å². The molecule has 4 nitrogen and oxygen atoms in total. The molecule has 0 N–H and O–H groups in total. The number of ether oxygens (including phenoxy) is 4. The molecule has 3 rings (SSSR count). The molecule has 4 heteroatoms. The van der Waals surface area contributed by atoms with Gasteiger partial charge in [-0.2, -0.15) is 0 Å². The summed E-state index contributed by atoms with van der Waals surface area (Å²) in [4.78, 5) is 0. The maximum absolute atomic E-state index is 6.11. The largest absolute Gasteiger partial charge is 0.368 e. The molecule has 0 amide bonds. The van der Waals surface area contributed by atoms with Gasteiger partial charge in [0.25, 0.3) is 0 Å². The molecular formula is C17H24O4. The molecule has 0 aliphatic carbocycles. The monoisotopic (exact) mass is 292 g/mol. The molecule has 2 heterocycles. The molecule has 2 aliphatic heterocycles. The van der Waals surface area contributed by atoms with E-state index in [0.29, 0.717) is 6.61 Å². The minimum atomic E-state index is -0.553. The first kappa shape index (κ1) is 15.0. The molecular weight excluding hydrogens is 268 g/mol. The minimum Gasteiger partial charge on any atom is -0.368 e. The molecule has 2 saturated heterocycles. The van der Waals surface area contributed by atoms with Crippen LogP contribution in [0.5, 0.6) is 0 Å². The molecule has 2 fully saturated rings. The lowest BCUT2D eigenvalue weighted by Gasteiger charge is -2.27. The Hall–Kier alpha value is -0.940. The summed E-state index contributed by atoms with van der Waals surface area (Å²) in [5.41, 5.74) is 1.16. The molecule has 2 aliphatic rings. The zero-order valence-corrected chi connectivity index (χ0v) is 13.0. The SMILES string of the molecule is CC[C@H]1O[C@@H]2OC(C)(CC)O[C@@H]2[C@H]1OCc1ccccc1. The van der Waals surface area contributed by atoms with Gasteiger partial charge in [0, 0.05) is 0 Å². The maximum Gasteiger partial charge on any atom is 0.190 e. The van der Waals surface area contributed by atoms with Crippen molar-refractivity contribution in [3.63, 3.8) is 0 Å². The van der Waals surface area contributed by atoms with Crippen LogP contribution in [0.4, 0.5) is 0 Å². The van der Waals surface area contributed by atoms with Crippen molar-refractivity contribution in [2.75, 3.05) is 0 Å². The van der Waals surface area contributed by atoms with E-state index in [1.807, 2.05) is 25.1 Å². The average Bonchev–Trinajstić information content (AvgIpc) is 3.00. The zero-order valence-electron chi connectivity index (χ0n) is 13.0. The van der Waals surface area contributed by atoms with Gasteiger partial charge in [-0.25, -0.2) is 0 Å². The third-order valence-electron chi connectivity index (χ3n) is 4.35. The van der Waals surface area contributed by atoms with E-state index < -0.39 is 5.79 Å². The van der Waals surface area contributed by atoms with Crippen molar-refractivity contribution in [2.45, 2.75) is 70.6 Å². The van der Waals surface area contributed by atoms with Crippen molar-refractivity contribution in [2.24, 2.45) is 0 Å². The van der Waals surface area contributed by atoms with Crippen molar-refractivity contribution in [3.8, 4) is 0 Å². The summed E-state index contributed by atoms with van der Waals surface area (Å²) in [7, 11) is 0. The number of fused-ring (bicyclic) bond motifs is 1. The zero-order chi connectivity index (χ0) is 14.9. The van der Waals surface area contributed by atoms with Crippen molar-refractivity contribution in [1.29, 1.82) is 0 Å². The van der Waals surface area contributed by atoms with Crippen LogP contribution in [0, 0.1) is 0 Å². The first-order valence-corrected chi connectivity index (χ1v) is 7.82. The van der Waals surface area contributed by atoms with E-state index in [9.17, 15) is 0 Å². The van der Waals surface area contributed by atoms with E-state index in [1.165, 1.54) is 0 Å². The van der Waals surface area contributed by atoms with Crippen LogP contribution in [0.2, 0.25) is 0 Å². The van der Waals surface area contributed by atoms with Gasteiger partial charge >= 0.3 is 0 Å². The highest BCUT2D eigenvalue weighted by Gasteiger charge is 2.55. The topological polar surface area (TPSA) is 36.9 Å². The minimum absolute atomic E-state index is 0.0325. The first-order valence-electron chi connectivity index (χ1n) is 7.82. The summed E-state index contributed by atoms with van der Waals surface area (Å²) in [5, 5.41) is 0. The number of hydrogen-bond acceptors (Lipinski definition) is 4. The predicted octanol–water partition coefficient (Wildman–Crippen LogP) is 3.25. The summed E-state index contributed by atoms with van der Waals surface area (Å²) >= 11 is 0. The van der Waals surface area contributed by atoms with Crippen molar-refractivity contribution in [3.05, 3.63) is 35.9 Å².